The average molecular weight is 211 g/mol. The van der Waals surface area contributed by atoms with Crippen LogP contribution in [0.5, 0.6) is 0 Å². The molecule has 3 heteroatoms. The summed E-state index contributed by atoms with van der Waals surface area (Å²) in [6.45, 7) is 6.97. The van der Waals surface area contributed by atoms with Crippen LogP contribution in [0.15, 0.2) is 0 Å². The van der Waals surface area contributed by atoms with E-state index in [0.29, 0.717) is 6.04 Å². The minimum atomic E-state index is 0.379. The Labute approximate surface area is 93.4 Å². The summed E-state index contributed by atoms with van der Waals surface area (Å²) in [4.78, 5) is 2.53. The van der Waals surface area contributed by atoms with Gasteiger partial charge in [0.25, 0.3) is 0 Å². The van der Waals surface area contributed by atoms with Crippen LogP contribution in [-0.4, -0.2) is 43.2 Å². The first-order chi connectivity index (χ1) is 7.29. The van der Waals surface area contributed by atoms with Crippen molar-refractivity contribution in [1.29, 1.82) is 0 Å². The number of piperidine rings is 1. The first-order valence-electron chi connectivity index (χ1n) is 6.51. The van der Waals surface area contributed by atoms with Crippen molar-refractivity contribution in [3.05, 3.63) is 0 Å². The van der Waals surface area contributed by atoms with Gasteiger partial charge in [-0.2, -0.15) is 0 Å². The van der Waals surface area contributed by atoms with Gasteiger partial charge in [-0.25, -0.2) is 0 Å². The summed E-state index contributed by atoms with van der Waals surface area (Å²) in [5.74, 6) is 0.749. The maximum Gasteiger partial charge on any atom is 0.0194 e. The van der Waals surface area contributed by atoms with Gasteiger partial charge < -0.3 is 16.0 Å². The van der Waals surface area contributed by atoms with E-state index in [1.54, 1.807) is 0 Å². The number of nitrogens with zero attached hydrogens (tertiary/aromatic N) is 1. The fourth-order valence-electron chi connectivity index (χ4n) is 2.45. The van der Waals surface area contributed by atoms with Gasteiger partial charge in [-0.15, -0.1) is 0 Å². The lowest BCUT2D eigenvalue weighted by molar-refractivity contribution is 0.174. The SMILES string of the molecule is CCN1CCC(C(N)CNC2CC2)CC1. The molecular formula is C12H25N3. The fourth-order valence-corrected chi connectivity index (χ4v) is 2.45. The van der Waals surface area contributed by atoms with E-state index in [0.717, 1.165) is 18.5 Å². The Bertz CT molecular complexity index is 183. The molecule has 0 aromatic heterocycles. The Morgan fingerprint density at radius 3 is 2.47 bits per heavy atom. The predicted molar refractivity (Wildman–Crippen MR) is 63.8 cm³/mol. The zero-order chi connectivity index (χ0) is 10.7. The van der Waals surface area contributed by atoms with Gasteiger partial charge in [0.15, 0.2) is 0 Å². The molecule has 1 heterocycles. The van der Waals surface area contributed by atoms with Crippen LogP contribution in [0.25, 0.3) is 0 Å². The summed E-state index contributed by atoms with van der Waals surface area (Å²) < 4.78 is 0. The summed E-state index contributed by atoms with van der Waals surface area (Å²) in [6.07, 6.45) is 5.31. The van der Waals surface area contributed by atoms with Gasteiger partial charge in [0.2, 0.25) is 0 Å². The van der Waals surface area contributed by atoms with Crippen molar-refractivity contribution in [2.45, 2.75) is 44.7 Å². The zero-order valence-electron chi connectivity index (χ0n) is 9.91. The molecule has 2 aliphatic rings. The molecule has 2 rings (SSSR count). The van der Waals surface area contributed by atoms with E-state index >= 15 is 0 Å². The van der Waals surface area contributed by atoms with E-state index in [2.05, 4.69) is 17.1 Å². The van der Waals surface area contributed by atoms with Crippen LogP contribution >= 0.6 is 0 Å². The second-order valence-corrected chi connectivity index (χ2v) is 5.12. The van der Waals surface area contributed by atoms with Crippen LogP contribution in [0.1, 0.15) is 32.6 Å². The number of rotatable bonds is 5. The molecule has 2 fully saturated rings. The Kier molecular flexibility index (Phi) is 4.00. The van der Waals surface area contributed by atoms with Gasteiger partial charge in [-0.1, -0.05) is 6.92 Å². The summed E-state index contributed by atoms with van der Waals surface area (Å²) >= 11 is 0. The largest absolute Gasteiger partial charge is 0.326 e. The highest BCUT2D eigenvalue weighted by molar-refractivity contribution is 4.86. The Hall–Kier alpha value is -0.120. The molecule has 0 aromatic rings. The topological polar surface area (TPSA) is 41.3 Å². The van der Waals surface area contributed by atoms with E-state index in [9.17, 15) is 0 Å². The summed E-state index contributed by atoms with van der Waals surface area (Å²) in [6, 6.07) is 1.18. The van der Waals surface area contributed by atoms with Crippen molar-refractivity contribution in [3.8, 4) is 0 Å². The van der Waals surface area contributed by atoms with E-state index < -0.39 is 0 Å². The Balaban J connectivity index is 1.64. The molecule has 3 nitrogen and oxygen atoms in total. The molecule has 1 saturated carbocycles. The summed E-state index contributed by atoms with van der Waals surface area (Å²) in [5.41, 5.74) is 6.23. The maximum absolute atomic E-state index is 6.23. The van der Waals surface area contributed by atoms with Crippen LogP contribution < -0.4 is 11.1 Å². The number of nitrogens with two attached hydrogens (primary N) is 1. The van der Waals surface area contributed by atoms with Crippen LogP contribution in [-0.2, 0) is 0 Å². The molecule has 0 spiro atoms. The number of likely N-dealkylation sites (tertiary alicyclic amines) is 1. The lowest BCUT2D eigenvalue weighted by atomic mass is 9.90. The third-order valence-electron chi connectivity index (χ3n) is 3.90. The van der Waals surface area contributed by atoms with Crippen LogP contribution in [0.4, 0.5) is 0 Å². The molecule has 15 heavy (non-hydrogen) atoms. The lowest BCUT2D eigenvalue weighted by Crippen LogP contribution is -2.45. The van der Waals surface area contributed by atoms with Crippen molar-refractivity contribution >= 4 is 0 Å². The highest BCUT2D eigenvalue weighted by atomic mass is 15.1. The van der Waals surface area contributed by atoms with Gasteiger partial charge in [0.05, 0.1) is 0 Å². The van der Waals surface area contributed by atoms with E-state index in [1.807, 2.05) is 0 Å². The minimum absolute atomic E-state index is 0.379. The molecule has 0 radical (unpaired) electrons. The zero-order valence-corrected chi connectivity index (χ0v) is 9.91. The molecule has 0 aromatic carbocycles. The molecule has 1 unspecified atom stereocenters. The van der Waals surface area contributed by atoms with E-state index in [4.69, 9.17) is 5.73 Å². The Morgan fingerprint density at radius 2 is 1.93 bits per heavy atom. The van der Waals surface area contributed by atoms with E-state index in [-0.39, 0.29) is 0 Å². The molecule has 3 N–H and O–H groups in total. The highest BCUT2D eigenvalue weighted by Crippen LogP contribution is 2.21. The minimum Gasteiger partial charge on any atom is -0.326 e. The van der Waals surface area contributed by atoms with Crippen LogP contribution in [0.3, 0.4) is 0 Å². The average Bonchev–Trinajstić information content (AvgIpc) is 3.10. The number of hydrogen-bond acceptors (Lipinski definition) is 3. The van der Waals surface area contributed by atoms with Gasteiger partial charge in [-0.3, -0.25) is 0 Å². The first-order valence-corrected chi connectivity index (χ1v) is 6.51. The third kappa shape index (κ3) is 3.44. The molecule has 1 atom stereocenters. The summed E-state index contributed by atoms with van der Waals surface area (Å²) in [7, 11) is 0. The fraction of sp³-hybridized carbons (Fsp3) is 1.00. The van der Waals surface area contributed by atoms with E-state index in [1.165, 1.54) is 45.3 Å². The normalized spacial score (nSPS) is 26.8. The predicted octanol–water partition coefficient (Wildman–Crippen LogP) is 0.798. The molecule has 88 valence electrons. The third-order valence-corrected chi connectivity index (χ3v) is 3.90. The van der Waals surface area contributed by atoms with Crippen molar-refractivity contribution in [3.63, 3.8) is 0 Å². The number of hydrogen-bond donors (Lipinski definition) is 2. The molecule has 0 bridgehead atoms. The van der Waals surface area contributed by atoms with Crippen molar-refractivity contribution in [1.82, 2.24) is 10.2 Å². The summed E-state index contributed by atoms with van der Waals surface area (Å²) in [5, 5.41) is 3.54. The standard InChI is InChI=1S/C12H25N3/c1-2-15-7-5-10(6-8-15)12(13)9-14-11-3-4-11/h10-12,14H,2-9,13H2,1H3. The van der Waals surface area contributed by atoms with Gasteiger partial charge >= 0.3 is 0 Å². The quantitative estimate of drug-likeness (QED) is 0.707. The first kappa shape index (κ1) is 11.4. The monoisotopic (exact) mass is 211 g/mol. The smallest absolute Gasteiger partial charge is 0.0194 e. The lowest BCUT2D eigenvalue weighted by Gasteiger charge is -2.34. The van der Waals surface area contributed by atoms with Crippen molar-refractivity contribution in [2.24, 2.45) is 11.7 Å². The Morgan fingerprint density at radius 1 is 1.27 bits per heavy atom. The molecule has 0 amide bonds. The molecular weight excluding hydrogens is 186 g/mol. The second-order valence-electron chi connectivity index (χ2n) is 5.12. The van der Waals surface area contributed by atoms with Gasteiger partial charge in [0, 0.05) is 18.6 Å². The van der Waals surface area contributed by atoms with Crippen molar-refractivity contribution < 1.29 is 0 Å². The van der Waals surface area contributed by atoms with Gasteiger partial charge in [0.1, 0.15) is 0 Å². The second kappa shape index (κ2) is 5.28. The molecule has 1 saturated heterocycles. The maximum atomic E-state index is 6.23. The van der Waals surface area contributed by atoms with Crippen LogP contribution in [0.2, 0.25) is 0 Å². The highest BCUT2D eigenvalue weighted by Gasteiger charge is 2.26. The van der Waals surface area contributed by atoms with Crippen LogP contribution in [0, 0.1) is 5.92 Å². The van der Waals surface area contributed by atoms with Crippen molar-refractivity contribution in [2.75, 3.05) is 26.2 Å². The number of nitrogens with one attached hydrogen (secondary N) is 1. The molecule has 1 aliphatic carbocycles. The van der Waals surface area contributed by atoms with Gasteiger partial charge in [-0.05, 0) is 51.2 Å². The molecule has 1 aliphatic heterocycles.